The maximum atomic E-state index is 12.0. The van der Waals surface area contributed by atoms with Crippen molar-refractivity contribution >= 4 is 11.9 Å². The first-order valence-corrected chi connectivity index (χ1v) is 5.53. The van der Waals surface area contributed by atoms with E-state index in [4.69, 9.17) is 9.47 Å². The van der Waals surface area contributed by atoms with Gasteiger partial charge in [-0.2, -0.15) is 0 Å². The third-order valence-electron chi connectivity index (χ3n) is 2.96. The lowest BCUT2D eigenvalue weighted by atomic mass is 10.0. The molecule has 1 amide bonds. The second-order valence-corrected chi connectivity index (χ2v) is 3.94. The summed E-state index contributed by atoms with van der Waals surface area (Å²) in [6.07, 6.45) is 2.04. The number of esters is 1. The van der Waals surface area contributed by atoms with E-state index in [0.717, 1.165) is 12.8 Å². The average molecular weight is 229 g/mol. The van der Waals surface area contributed by atoms with E-state index < -0.39 is 12.1 Å². The molecule has 0 aromatic heterocycles. The van der Waals surface area contributed by atoms with Crippen molar-refractivity contribution in [3.05, 3.63) is 0 Å². The third-order valence-corrected chi connectivity index (χ3v) is 2.96. The van der Waals surface area contributed by atoms with Gasteiger partial charge < -0.3 is 14.4 Å². The Morgan fingerprint density at radius 2 is 2.00 bits per heavy atom. The lowest BCUT2D eigenvalue weighted by molar-refractivity contribution is -0.158. The number of likely N-dealkylation sites (tertiary alicyclic amines) is 1. The summed E-state index contributed by atoms with van der Waals surface area (Å²) in [7, 11) is 2.83. The van der Waals surface area contributed by atoms with Gasteiger partial charge in [-0.25, -0.2) is 4.79 Å². The molecule has 0 aliphatic carbocycles. The molecule has 1 heterocycles. The van der Waals surface area contributed by atoms with Crippen LogP contribution in [0.25, 0.3) is 0 Å². The topological polar surface area (TPSA) is 55.8 Å². The lowest BCUT2D eigenvalue weighted by Gasteiger charge is -2.35. The normalized spacial score (nSPS) is 22.7. The van der Waals surface area contributed by atoms with E-state index in [1.54, 1.807) is 11.8 Å². The molecule has 1 aliphatic heterocycles. The second kappa shape index (κ2) is 5.84. The molecule has 5 heteroatoms. The summed E-state index contributed by atoms with van der Waals surface area (Å²) in [4.78, 5) is 25.1. The molecular formula is C11H19NO4. The zero-order valence-corrected chi connectivity index (χ0v) is 10.1. The Morgan fingerprint density at radius 3 is 2.56 bits per heavy atom. The highest BCUT2D eigenvalue weighted by atomic mass is 16.5. The van der Waals surface area contributed by atoms with E-state index in [9.17, 15) is 9.59 Å². The molecule has 1 saturated heterocycles. The zero-order valence-electron chi connectivity index (χ0n) is 10.1. The van der Waals surface area contributed by atoms with Crippen molar-refractivity contribution in [2.24, 2.45) is 0 Å². The first kappa shape index (κ1) is 13.0. The quantitative estimate of drug-likeness (QED) is 0.664. The van der Waals surface area contributed by atoms with Gasteiger partial charge in [-0.05, 0) is 26.2 Å². The number of rotatable bonds is 3. The summed E-state index contributed by atoms with van der Waals surface area (Å²) < 4.78 is 9.69. The molecule has 0 aromatic rings. The van der Waals surface area contributed by atoms with Crippen LogP contribution in [0, 0.1) is 0 Å². The van der Waals surface area contributed by atoms with Crippen molar-refractivity contribution in [1.29, 1.82) is 0 Å². The number of carbonyl (C=O) groups excluding carboxylic acids is 2. The number of carbonyl (C=O) groups is 2. The molecule has 0 saturated carbocycles. The smallest absolute Gasteiger partial charge is 0.328 e. The fourth-order valence-corrected chi connectivity index (χ4v) is 1.91. The Labute approximate surface area is 95.7 Å². The van der Waals surface area contributed by atoms with Crippen molar-refractivity contribution in [3.8, 4) is 0 Å². The van der Waals surface area contributed by atoms with Gasteiger partial charge in [-0.15, -0.1) is 0 Å². The van der Waals surface area contributed by atoms with Crippen molar-refractivity contribution < 1.29 is 19.1 Å². The number of amides is 1. The van der Waals surface area contributed by atoms with Crippen LogP contribution >= 0.6 is 0 Å². The maximum absolute atomic E-state index is 12.0. The number of methoxy groups -OCH3 is 2. The van der Waals surface area contributed by atoms with Crippen molar-refractivity contribution in [2.45, 2.75) is 38.3 Å². The van der Waals surface area contributed by atoms with Crippen LogP contribution in [-0.4, -0.2) is 49.7 Å². The van der Waals surface area contributed by atoms with Crippen LogP contribution in [0.1, 0.15) is 26.2 Å². The fourth-order valence-electron chi connectivity index (χ4n) is 1.91. The minimum Gasteiger partial charge on any atom is -0.467 e. The number of ether oxygens (including phenoxy) is 2. The van der Waals surface area contributed by atoms with Crippen LogP contribution in [-0.2, 0) is 19.1 Å². The van der Waals surface area contributed by atoms with Gasteiger partial charge in [-0.1, -0.05) is 0 Å². The van der Waals surface area contributed by atoms with Crippen molar-refractivity contribution in [2.75, 3.05) is 20.8 Å². The van der Waals surface area contributed by atoms with E-state index in [1.165, 1.54) is 14.2 Å². The Hall–Kier alpha value is -1.10. The highest BCUT2D eigenvalue weighted by Crippen LogP contribution is 2.19. The van der Waals surface area contributed by atoms with Gasteiger partial charge in [0.1, 0.15) is 12.1 Å². The Kier molecular flexibility index (Phi) is 4.73. The molecule has 2 atom stereocenters. The van der Waals surface area contributed by atoms with Gasteiger partial charge >= 0.3 is 5.97 Å². The van der Waals surface area contributed by atoms with Gasteiger partial charge in [0.15, 0.2) is 0 Å². The van der Waals surface area contributed by atoms with E-state index >= 15 is 0 Å². The van der Waals surface area contributed by atoms with Crippen LogP contribution in [0.15, 0.2) is 0 Å². The van der Waals surface area contributed by atoms with Crippen molar-refractivity contribution in [3.63, 3.8) is 0 Å². The number of piperidine rings is 1. The molecular weight excluding hydrogens is 210 g/mol. The molecule has 0 aromatic carbocycles. The molecule has 1 rings (SSSR count). The highest BCUT2D eigenvalue weighted by molar-refractivity contribution is 5.87. The minimum atomic E-state index is -0.509. The summed E-state index contributed by atoms with van der Waals surface area (Å²) >= 11 is 0. The van der Waals surface area contributed by atoms with Crippen LogP contribution in [0.5, 0.6) is 0 Å². The third kappa shape index (κ3) is 2.72. The van der Waals surface area contributed by atoms with Gasteiger partial charge in [0.25, 0.3) is 5.91 Å². The molecule has 92 valence electrons. The Bertz CT molecular complexity index is 267. The van der Waals surface area contributed by atoms with E-state index in [2.05, 4.69) is 0 Å². The zero-order chi connectivity index (χ0) is 12.1. The second-order valence-electron chi connectivity index (χ2n) is 3.94. The SMILES string of the molecule is COC(=O)C1CCCCN1C(=O)C(C)OC. The predicted octanol–water partition coefficient (Wildman–Crippen LogP) is 0.575. The standard InChI is InChI=1S/C11H19NO4/c1-8(15-2)10(13)12-7-5-4-6-9(12)11(14)16-3/h8-9H,4-7H2,1-3H3. The number of nitrogens with zero attached hydrogens (tertiary/aromatic N) is 1. The van der Waals surface area contributed by atoms with E-state index in [0.29, 0.717) is 13.0 Å². The monoisotopic (exact) mass is 229 g/mol. The molecule has 0 bridgehead atoms. The Balaban J connectivity index is 2.73. The van der Waals surface area contributed by atoms with Crippen LogP contribution < -0.4 is 0 Å². The summed E-state index contributed by atoms with van der Waals surface area (Å²) in [6.45, 7) is 2.29. The molecule has 0 spiro atoms. The van der Waals surface area contributed by atoms with Gasteiger partial charge in [0.2, 0.25) is 0 Å². The minimum absolute atomic E-state index is 0.141. The molecule has 1 fully saturated rings. The summed E-state index contributed by atoms with van der Waals surface area (Å²) in [5, 5.41) is 0. The average Bonchev–Trinajstić information content (AvgIpc) is 2.35. The largest absolute Gasteiger partial charge is 0.467 e. The van der Waals surface area contributed by atoms with Crippen molar-refractivity contribution in [1.82, 2.24) is 4.90 Å². The summed E-state index contributed by atoms with van der Waals surface area (Å²) in [5.41, 5.74) is 0. The van der Waals surface area contributed by atoms with E-state index in [1.807, 2.05) is 0 Å². The maximum Gasteiger partial charge on any atom is 0.328 e. The molecule has 0 radical (unpaired) electrons. The first-order chi connectivity index (χ1) is 7.61. The molecule has 5 nitrogen and oxygen atoms in total. The summed E-state index contributed by atoms with van der Waals surface area (Å²) in [5.74, 6) is -0.478. The summed E-state index contributed by atoms with van der Waals surface area (Å²) in [6, 6.07) is -0.441. The molecule has 16 heavy (non-hydrogen) atoms. The predicted molar refractivity (Wildman–Crippen MR) is 57.8 cm³/mol. The fraction of sp³-hybridized carbons (Fsp3) is 0.818. The Morgan fingerprint density at radius 1 is 1.31 bits per heavy atom. The highest BCUT2D eigenvalue weighted by Gasteiger charge is 2.34. The van der Waals surface area contributed by atoms with Gasteiger partial charge in [0.05, 0.1) is 7.11 Å². The van der Waals surface area contributed by atoms with Gasteiger partial charge in [-0.3, -0.25) is 4.79 Å². The molecule has 1 aliphatic rings. The van der Waals surface area contributed by atoms with E-state index in [-0.39, 0.29) is 11.9 Å². The number of hydrogen-bond donors (Lipinski definition) is 0. The first-order valence-electron chi connectivity index (χ1n) is 5.53. The lowest BCUT2D eigenvalue weighted by Crippen LogP contribution is -2.51. The van der Waals surface area contributed by atoms with Gasteiger partial charge in [0, 0.05) is 13.7 Å². The van der Waals surface area contributed by atoms with Crippen LogP contribution in [0.3, 0.4) is 0 Å². The molecule has 2 unspecified atom stereocenters. The molecule has 0 N–H and O–H groups in total. The van der Waals surface area contributed by atoms with Crippen LogP contribution in [0.4, 0.5) is 0 Å². The number of hydrogen-bond acceptors (Lipinski definition) is 4. The van der Waals surface area contributed by atoms with Crippen LogP contribution in [0.2, 0.25) is 0 Å².